The van der Waals surface area contributed by atoms with Gasteiger partial charge in [-0.2, -0.15) is 74.6 Å². The van der Waals surface area contributed by atoms with Gasteiger partial charge in [0.05, 0.1) is 0 Å². The van der Waals surface area contributed by atoms with Crippen molar-refractivity contribution in [2.45, 2.75) is 48.1 Å². The molecule has 1 unspecified atom stereocenters. The molecule has 178 valence electrons. The predicted octanol–water partition coefficient (Wildman–Crippen LogP) is 5.68. The summed E-state index contributed by atoms with van der Waals surface area (Å²) in [4.78, 5) is 10.4. The number of rotatable bonds is 8. The molecule has 19 heteroatoms. The zero-order valence-corrected chi connectivity index (χ0v) is 13.0. The molecule has 0 N–H and O–H groups in total. The second-order valence-electron chi connectivity index (χ2n) is 5.12. The van der Waals surface area contributed by atoms with Gasteiger partial charge in [0.1, 0.15) is 0 Å². The van der Waals surface area contributed by atoms with Crippen LogP contribution in [0.1, 0.15) is 0 Å². The van der Waals surface area contributed by atoms with Gasteiger partial charge in [0.25, 0.3) is 0 Å². The molecule has 0 heterocycles. The average Bonchev–Trinajstić information content (AvgIpc) is 2.52. The molecule has 0 radical (unpaired) electrons. The first kappa shape index (κ1) is 28.0. The van der Waals surface area contributed by atoms with Crippen LogP contribution in [0, 0.1) is 0 Å². The molecule has 0 saturated carbocycles. The molecule has 0 aliphatic heterocycles. The fourth-order valence-electron chi connectivity index (χ4n) is 1.35. The van der Waals surface area contributed by atoms with E-state index in [2.05, 4.69) is 4.74 Å². The molecule has 0 aliphatic rings. The first-order chi connectivity index (χ1) is 12.7. The zero-order valence-electron chi connectivity index (χ0n) is 13.0. The van der Waals surface area contributed by atoms with E-state index in [0.717, 1.165) is 0 Å². The van der Waals surface area contributed by atoms with Crippen molar-refractivity contribution in [2.75, 3.05) is 0 Å². The topological polar surface area (TPSA) is 26.3 Å². The Hall–Kier alpha value is -1.98. The third kappa shape index (κ3) is 3.74. The van der Waals surface area contributed by atoms with E-state index >= 15 is 0 Å². The summed E-state index contributed by atoms with van der Waals surface area (Å²) in [6.07, 6.45) is -13.3. The summed E-state index contributed by atoms with van der Waals surface area (Å²) in [6.45, 7) is 1.93. The molecule has 1 atom stereocenters. The molecule has 0 saturated heterocycles. The quantitative estimate of drug-likeness (QED) is 0.249. The van der Waals surface area contributed by atoms with Crippen molar-refractivity contribution in [2.24, 2.45) is 0 Å². The second kappa shape index (κ2) is 7.31. The Morgan fingerprint density at radius 2 is 0.933 bits per heavy atom. The highest BCUT2D eigenvalue weighted by molar-refractivity contribution is 5.85. The summed E-state index contributed by atoms with van der Waals surface area (Å²) in [7, 11) is 0. The van der Waals surface area contributed by atoms with E-state index < -0.39 is 59.9 Å². The fraction of sp³-hybridized carbons (Fsp3) is 0.727. The second-order valence-corrected chi connectivity index (χ2v) is 5.12. The predicted molar refractivity (Wildman–Crippen MR) is 57.0 cm³/mol. The third-order valence-corrected chi connectivity index (χ3v) is 3.07. The normalized spacial score (nSPS) is 16.3. The van der Waals surface area contributed by atoms with Gasteiger partial charge < -0.3 is 4.74 Å². The molecule has 0 aromatic heterocycles. The average molecular weight is 490 g/mol. The summed E-state index contributed by atoms with van der Waals surface area (Å²) in [6, 6.07) is 0. The molecule has 0 fully saturated rings. The van der Waals surface area contributed by atoms with E-state index in [4.69, 9.17) is 0 Å². The number of esters is 1. The summed E-state index contributed by atoms with van der Waals surface area (Å²) in [5.74, 6) is -55.2. The third-order valence-electron chi connectivity index (χ3n) is 3.07. The van der Waals surface area contributed by atoms with E-state index in [0.29, 0.717) is 0 Å². The highest BCUT2D eigenvalue weighted by Gasteiger charge is 2.94. The smallest absolute Gasteiger partial charge is 0.419 e. The number of halogens is 17. The Morgan fingerprint density at radius 1 is 0.633 bits per heavy atom. The highest BCUT2D eigenvalue weighted by atomic mass is 19.4. The molecule has 0 spiro atoms. The van der Waals surface area contributed by atoms with Crippen molar-refractivity contribution in [1.82, 2.24) is 0 Å². The van der Waals surface area contributed by atoms with Gasteiger partial charge in [0.2, 0.25) is 5.83 Å². The Kier molecular flexibility index (Phi) is 6.83. The Bertz CT molecular complexity index is 676. The Morgan fingerprint density at radius 3 is 1.23 bits per heavy atom. The molecular weight excluding hydrogens is 487 g/mol. The largest absolute Gasteiger partial charge is 0.460 e. The molecular formula is C11H3F17O2. The lowest BCUT2D eigenvalue weighted by atomic mass is 9.91. The van der Waals surface area contributed by atoms with E-state index in [1.807, 2.05) is 6.58 Å². The highest BCUT2D eigenvalue weighted by Crippen LogP contribution is 2.62. The van der Waals surface area contributed by atoms with Gasteiger partial charge in [0, 0.05) is 0 Å². The number of carbonyl (C=O) groups is 1. The van der Waals surface area contributed by atoms with Crippen LogP contribution in [-0.4, -0.2) is 54.0 Å². The first-order valence-electron chi connectivity index (χ1n) is 6.28. The Labute approximate surface area is 152 Å². The van der Waals surface area contributed by atoms with Gasteiger partial charge in [-0.3, -0.25) is 0 Å². The zero-order chi connectivity index (χ0) is 24.9. The van der Waals surface area contributed by atoms with Crippen molar-refractivity contribution in [3.63, 3.8) is 0 Å². The lowest BCUT2D eigenvalue weighted by Gasteiger charge is -2.41. The van der Waals surface area contributed by atoms with Crippen LogP contribution in [0.5, 0.6) is 0 Å². The number of hydrogen-bond acceptors (Lipinski definition) is 2. The molecule has 0 aromatic carbocycles. The van der Waals surface area contributed by atoms with Crippen molar-refractivity contribution < 1.29 is 84.2 Å². The molecule has 0 aromatic rings. The van der Waals surface area contributed by atoms with Gasteiger partial charge in [-0.1, -0.05) is 6.58 Å². The number of carbonyl (C=O) groups excluding carboxylic acids is 1. The molecule has 0 bridgehead atoms. The first-order valence-corrected chi connectivity index (χ1v) is 6.28. The van der Waals surface area contributed by atoms with Crippen LogP contribution in [-0.2, 0) is 9.53 Å². The number of ether oxygens (including phenoxy) is 1. The fourth-order valence-corrected chi connectivity index (χ4v) is 1.35. The van der Waals surface area contributed by atoms with Gasteiger partial charge in [-0.05, 0) is 0 Å². The van der Waals surface area contributed by atoms with Gasteiger partial charge in [-0.15, -0.1) is 0 Å². The maximum atomic E-state index is 13.2. The van der Waals surface area contributed by atoms with Crippen LogP contribution in [0.2, 0.25) is 0 Å². The van der Waals surface area contributed by atoms with Gasteiger partial charge in [0.15, 0.2) is 0 Å². The van der Waals surface area contributed by atoms with Gasteiger partial charge in [-0.25, -0.2) is 4.79 Å². The van der Waals surface area contributed by atoms with Crippen molar-refractivity contribution in [3.8, 4) is 0 Å². The van der Waals surface area contributed by atoms with Crippen LogP contribution in [0.3, 0.4) is 0 Å². The lowest BCUT2D eigenvalue weighted by Crippen LogP contribution is -2.73. The van der Waals surface area contributed by atoms with E-state index in [1.54, 1.807) is 0 Å². The monoisotopic (exact) mass is 490 g/mol. The number of hydrogen-bond donors (Lipinski definition) is 0. The van der Waals surface area contributed by atoms with Crippen LogP contribution < -0.4 is 0 Å². The van der Waals surface area contributed by atoms with E-state index in [9.17, 15) is 79.4 Å². The molecule has 0 amide bonds. The minimum atomic E-state index is -8.63. The molecule has 30 heavy (non-hydrogen) atoms. The van der Waals surface area contributed by atoms with E-state index in [1.165, 1.54) is 0 Å². The van der Waals surface area contributed by atoms with Crippen LogP contribution >= 0.6 is 0 Å². The standard InChI is InChI=1S/C11H3F17O2/c1-2(12)3(29)30-4(13)5(14,15)6(16,17)7(18,19)8(20,21)9(22,23)10(24,25)11(26,27)28/h4H,1H2. The van der Waals surface area contributed by atoms with Crippen molar-refractivity contribution in [3.05, 3.63) is 12.4 Å². The summed E-state index contributed by atoms with van der Waals surface area (Å²) in [5.41, 5.74) is 0. The summed E-state index contributed by atoms with van der Waals surface area (Å²) < 4.78 is 219. The summed E-state index contributed by atoms with van der Waals surface area (Å²) >= 11 is 0. The number of alkyl halides is 16. The van der Waals surface area contributed by atoms with Crippen molar-refractivity contribution in [1.29, 1.82) is 0 Å². The maximum Gasteiger partial charge on any atom is 0.460 e. The molecule has 0 rings (SSSR count). The van der Waals surface area contributed by atoms with Crippen LogP contribution in [0.25, 0.3) is 0 Å². The minimum absolute atomic E-state index is 1.93. The lowest BCUT2D eigenvalue weighted by molar-refractivity contribution is -0.458. The van der Waals surface area contributed by atoms with Crippen LogP contribution in [0.4, 0.5) is 74.6 Å². The Balaban J connectivity index is 6.48. The van der Waals surface area contributed by atoms with E-state index in [-0.39, 0.29) is 0 Å². The molecule has 0 aliphatic carbocycles. The minimum Gasteiger partial charge on any atom is -0.419 e. The van der Waals surface area contributed by atoms with Crippen LogP contribution in [0.15, 0.2) is 12.4 Å². The maximum absolute atomic E-state index is 13.2. The van der Waals surface area contributed by atoms with Gasteiger partial charge >= 0.3 is 54.0 Å². The molecule has 2 nitrogen and oxygen atoms in total. The summed E-state index contributed by atoms with van der Waals surface area (Å²) in [5, 5.41) is 0. The SMILES string of the molecule is C=C(F)C(=O)OC(F)C(F)(F)C(F)(F)C(F)(F)C(F)(F)C(F)(F)C(F)(F)C(F)(F)F. The van der Waals surface area contributed by atoms with Crippen molar-refractivity contribution >= 4 is 5.97 Å².